The van der Waals surface area contributed by atoms with E-state index in [2.05, 4.69) is 0 Å². The van der Waals surface area contributed by atoms with Crippen LogP contribution in [-0.4, -0.2) is 12.1 Å². The van der Waals surface area contributed by atoms with Crippen LogP contribution in [0.2, 0.25) is 0 Å². The van der Waals surface area contributed by atoms with Crippen molar-refractivity contribution in [3.63, 3.8) is 0 Å². The summed E-state index contributed by atoms with van der Waals surface area (Å²) in [5.74, 6) is -0.189. The summed E-state index contributed by atoms with van der Waals surface area (Å²) >= 11 is 0. The molecule has 0 bridgehead atoms. The first-order valence-corrected chi connectivity index (χ1v) is 4.53. The topological polar surface area (TPSA) is 26.3 Å². The molecule has 0 amide bonds. The molecule has 1 aliphatic rings. The Labute approximate surface area is 77.5 Å². The van der Waals surface area contributed by atoms with Gasteiger partial charge in [0, 0.05) is 0 Å². The zero-order valence-electron chi connectivity index (χ0n) is 7.62. The zero-order valence-corrected chi connectivity index (χ0v) is 7.62. The van der Waals surface area contributed by atoms with Gasteiger partial charge in [0.2, 0.25) is 0 Å². The minimum Gasteiger partial charge on any atom is -0.459 e. The predicted molar refractivity (Wildman–Crippen MR) is 49.6 cm³/mol. The summed E-state index contributed by atoms with van der Waals surface area (Å²) in [7, 11) is 0. The van der Waals surface area contributed by atoms with Crippen molar-refractivity contribution in [3.8, 4) is 0 Å². The monoisotopic (exact) mass is 176 g/mol. The third-order valence-electron chi connectivity index (χ3n) is 2.05. The highest BCUT2D eigenvalue weighted by Gasteiger charge is 2.26. The Balaban J connectivity index is 2.09. The lowest BCUT2D eigenvalue weighted by Gasteiger charge is -2.02. The van der Waals surface area contributed by atoms with Gasteiger partial charge in [0.1, 0.15) is 6.10 Å². The summed E-state index contributed by atoms with van der Waals surface area (Å²) in [5, 5.41) is 0. The van der Waals surface area contributed by atoms with Gasteiger partial charge in [-0.15, -0.1) is 0 Å². The van der Waals surface area contributed by atoms with Crippen molar-refractivity contribution in [1.29, 1.82) is 0 Å². The molecule has 0 aliphatic heterocycles. The molecule has 1 fully saturated rings. The first-order chi connectivity index (χ1) is 6.25. The fraction of sp³-hybridized carbons (Fsp3) is 0.364. The molecule has 0 aromatic heterocycles. The maximum Gasteiger partial charge on any atom is 0.338 e. The molecule has 0 N–H and O–H groups in total. The van der Waals surface area contributed by atoms with Gasteiger partial charge in [0.15, 0.2) is 0 Å². The van der Waals surface area contributed by atoms with Crippen LogP contribution in [0.15, 0.2) is 24.3 Å². The van der Waals surface area contributed by atoms with E-state index in [1.54, 1.807) is 6.07 Å². The smallest absolute Gasteiger partial charge is 0.338 e. The first-order valence-electron chi connectivity index (χ1n) is 4.53. The summed E-state index contributed by atoms with van der Waals surface area (Å²) in [6, 6.07) is 7.48. The molecule has 1 aromatic carbocycles. The van der Waals surface area contributed by atoms with Crippen LogP contribution in [0.1, 0.15) is 28.8 Å². The summed E-state index contributed by atoms with van der Waals surface area (Å²) in [4.78, 5) is 11.4. The number of esters is 1. The SMILES string of the molecule is Cc1cccc(C(=O)OC2CC2)c1. The number of hydrogen-bond donors (Lipinski definition) is 0. The summed E-state index contributed by atoms with van der Waals surface area (Å²) in [6.07, 6.45) is 2.24. The maximum atomic E-state index is 11.4. The van der Waals surface area contributed by atoms with Gasteiger partial charge in [-0.3, -0.25) is 0 Å². The van der Waals surface area contributed by atoms with E-state index in [1.807, 2.05) is 25.1 Å². The molecular weight excluding hydrogens is 164 g/mol. The minimum absolute atomic E-state index is 0.188. The molecule has 0 heterocycles. The van der Waals surface area contributed by atoms with Crippen molar-refractivity contribution in [2.75, 3.05) is 0 Å². The Morgan fingerprint density at radius 3 is 2.85 bits per heavy atom. The van der Waals surface area contributed by atoms with Crippen molar-refractivity contribution >= 4 is 5.97 Å². The van der Waals surface area contributed by atoms with Gasteiger partial charge in [-0.1, -0.05) is 17.7 Å². The molecule has 2 nitrogen and oxygen atoms in total. The second-order valence-corrected chi connectivity index (χ2v) is 3.47. The van der Waals surface area contributed by atoms with Gasteiger partial charge >= 0.3 is 5.97 Å². The van der Waals surface area contributed by atoms with E-state index in [4.69, 9.17) is 4.74 Å². The molecule has 0 unspecified atom stereocenters. The van der Waals surface area contributed by atoms with Crippen molar-refractivity contribution in [1.82, 2.24) is 0 Å². The maximum absolute atomic E-state index is 11.4. The molecule has 2 heteroatoms. The fourth-order valence-corrected chi connectivity index (χ4v) is 1.18. The lowest BCUT2D eigenvalue weighted by molar-refractivity contribution is 0.0472. The van der Waals surface area contributed by atoms with Crippen LogP contribution >= 0.6 is 0 Å². The molecule has 0 atom stereocenters. The second kappa shape index (κ2) is 3.21. The van der Waals surface area contributed by atoms with E-state index in [0.717, 1.165) is 18.4 Å². The molecule has 0 radical (unpaired) electrons. The van der Waals surface area contributed by atoms with Crippen LogP contribution in [0.3, 0.4) is 0 Å². The van der Waals surface area contributed by atoms with Crippen LogP contribution in [0.4, 0.5) is 0 Å². The fourth-order valence-electron chi connectivity index (χ4n) is 1.18. The number of carbonyl (C=O) groups excluding carboxylic acids is 1. The van der Waals surface area contributed by atoms with E-state index in [-0.39, 0.29) is 12.1 Å². The van der Waals surface area contributed by atoms with Gasteiger partial charge in [-0.05, 0) is 31.9 Å². The van der Waals surface area contributed by atoms with Gasteiger partial charge < -0.3 is 4.74 Å². The number of ether oxygens (including phenoxy) is 1. The highest BCUT2D eigenvalue weighted by Crippen LogP contribution is 2.24. The molecule has 0 spiro atoms. The standard InChI is InChI=1S/C11H12O2/c1-8-3-2-4-9(7-8)11(12)13-10-5-6-10/h2-4,7,10H,5-6H2,1H3. The van der Waals surface area contributed by atoms with Gasteiger partial charge in [-0.25, -0.2) is 4.79 Å². The van der Waals surface area contributed by atoms with Gasteiger partial charge in [0.05, 0.1) is 5.56 Å². The Bertz CT molecular complexity index is 327. The number of carbonyl (C=O) groups is 1. The van der Waals surface area contributed by atoms with Gasteiger partial charge in [-0.2, -0.15) is 0 Å². The van der Waals surface area contributed by atoms with E-state index < -0.39 is 0 Å². The third-order valence-corrected chi connectivity index (χ3v) is 2.05. The number of benzene rings is 1. The highest BCUT2D eigenvalue weighted by molar-refractivity contribution is 5.89. The van der Waals surface area contributed by atoms with Crippen LogP contribution in [0.5, 0.6) is 0 Å². The largest absolute Gasteiger partial charge is 0.459 e. The number of rotatable bonds is 2. The summed E-state index contributed by atoms with van der Waals surface area (Å²) < 4.78 is 5.16. The molecule has 1 saturated carbocycles. The highest BCUT2D eigenvalue weighted by atomic mass is 16.5. The van der Waals surface area contributed by atoms with Gasteiger partial charge in [0.25, 0.3) is 0 Å². The molecular formula is C11H12O2. The van der Waals surface area contributed by atoms with Crippen LogP contribution < -0.4 is 0 Å². The third kappa shape index (κ3) is 2.08. The average Bonchev–Trinajstić information content (AvgIpc) is 2.88. The van der Waals surface area contributed by atoms with Crippen molar-refractivity contribution < 1.29 is 9.53 Å². The number of hydrogen-bond acceptors (Lipinski definition) is 2. The summed E-state index contributed by atoms with van der Waals surface area (Å²) in [5.41, 5.74) is 1.75. The lowest BCUT2D eigenvalue weighted by Crippen LogP contribution is -2.06. The lowest BCUT2D eigenvalue weighted by atomic mass is 10.1. The minimum atomic E-state index is -0.189. The van der Waals surface area contributed by atoms with E-state index >= 15 is 0 Å². The van der Waals surface area contributed by atoms with Crippen molar-refractivity contribution in [2.45, 2.75) is 25.9 Å². The molecule has 2 rings (SSSR count). The summed E-state index contributed by atoms with van der Waals surface area (Å²) in [6.45, 7) is 1.97. The van der Waals surface area contributed by atoms with Crippen LogP contribution in [0, 0.1) is 6.92 Å². The molecule has 0 saturated heterocycles. The average molecular weight is 176 g/mol. The molecule has 68 valence electrons. The van der Waals surface area contributed by atoms with E-state index in [9.17, 15) is 4.79 Å². The van der Waals surface area contributed by atoms with E-state index in [0.29, 0.717) is 5.56 Å². The Kier molecular flexibility index (Phi) is 2.05. The van der Waals surface area contributed by atoms with Crippen molar-refractivity contribution in [2.24, 2.45) is 0 Å². The Hall–Kier alpha value is -1.31. The van der Waals surface area contributed by atoms with Crippen LogP contribution in [-0.2, 0) is 4.74 Å². The number of aryl methyl sites for hydroxylation is 1. The predicted octanol–water partition coefficient (Wildman–Crippen LogP) is 2.31. The molecule has 1 aromatic rings. The molecule has 1 aliphatic carbocycles. The second-order valence-electron chi connectivity index (χ2n) is 3.47. The quantitative estimate of drug-likeness (QED) is 0.646. The first kappa shape index (κ1) is 8.30. The zero-order chi connectivity index (χ0) is 9.26. The normalized spacial score (nSPS) is 15.5. The van der Waals surface area contributed by atoms with Crippen LogP contribution in [0.25, 0.3) is 0 Å². The Morgan fingerprint density at radius 1 is 1.46 bits per heavy atom. The Morgan fingerprint density at radius 2 is 2.23 bits per heavy atom. The van der Waals surface area contributed by atoms with Crippen molar-refractivity contribution in [3.05, 3.63) is 35.4 Å². The molecule has 13 heavy (non-hydrogen) atoms. The van der Waals surface area contributed by atoms with E-state index in [1.165, 1.54) is 0 Å².